The molecule has 1 aliphatic rings. The Morgan fingerprint density at radius 3 is 2.29 bits per heavy atom. The highest BCUT2D eigenvalue weighted by atomic mass is 19.4. The highest BCUT2D eigenvalue weighted by Crippen LogP contribution is 2.45. The lowest BCUT2D eigenvalue weighted by atomic mass is 9.86. The fraction of sp³-hybridized carbons (Fsp3) is 0.846. The molecule has 0 aromatic heterocycles. The normalized spacial score (nSPS) is 23.2. The second kappa shape index (κ2) is 5.73. The molecular weight excluding hydrogens is 289 g/mol. The fourth-order valence-electron chi connectivity index (χ4n) is 2.57. The van der Waals surface area contributed by atoms with Gasteiger partial charge in [0.1, 0.15) is 0 Å². The van der Waals surface area contributed by atoms with Gasteiger partial charge in [0.15, 0.2) is 5.41 Å². The van der Waals surface area contributed by atoms with Gasteiger partial charge < -0.3 is 15.3 Å². The maximum atomic E-state index is 13.0. The third kappa shape index (κ3) is 3.59. The Labute approximate surface area is 121 Å². The Morgan fingerprint density at radius 2 is 1.90 bits per heavy atom. The maximum Gasteiger partial charge on any atom is 0.406 e. The van der Waals surface area contributed by atoms with Gasteiger partial charge in [-0.05, 0) is 26.7 Å². The molecule has 0 spiro atoms. The number of hydrogen-bond donors (Lipinski definition) is 2. The number of nitrogens with one attached hydrogen (secondary N) is 1. The molecule has 0 aromatic rings. The molecule has 1 atom stereocenters. The predicted molar refractivity (Wildman–Crippen MR) is 69.8 cm³/mol. The van der Waals surface area contributed by atoms with E-state index in [2.05, 4.69) is 5.32 Å². The standard InChI is InChI=1S/C13H21F3N2O3/c1-4-5-11(2,3)17-10(21)18-7-6-12(8-18,9(19)20)13(14,15)16/h4-8H2,1-3H3,(H,17,21)(H,19,20). The van der Waals surface area contributed by atoms with Crippen LogP contribution >= 0.6 is 0 Å². The molecule has 0 saturated carbocycles. The number of rotatable bonds is 4. The summed E-state index contributed by atoms with van der Waals surface area (Å²) in [6.07, 6.45) is -4.01. The van der Waals surface area contributed by atoms with Gasteiger partial charge in [0.05, 0.1) is 0 Å². The van der Waals surface area contributed by atoms with Gasteiger partial charge in [0, 0.05) is 18.6 Å². The summed E-state index contributed by atoms with van der Waals surface area (Å²) in [5, 5.41) is 11.6. The van der Waals surface area contributed by atoms with Crippen molar-refractivity contribution in [2.75, 3.05) is 13.1 Å². The minimum absolute atomic E-state index is 0.222. The third-order valence-electron chi connectivity index (χ3n) is 3.83. The lowest BCUT2D eigenvalue weighted by Crippen LogP contribution is -2.52. The minimum Gasteiger partial charge on any atom is -0.481 e. The molecule has 1 aliphatic heterocycles. The van der Waals surface area contributed by atoms with E-state index in [0.717, 1.165) is 11.3 Å². The van der Waals surface area contributed by atoms with E-state index in [0.29, 0.717) is 6.42 Å². The number of carboxylic acid groups (broad SMARTS) is 1. The summed E-state index contributed by atoms with van der Waals surface area (Å²) in [5.41, 5.74) is -3.40. The van der Waals surface area contributed by atoms with Crippen molar-refractivity contribution < 1.29 is 27.9 Å². The molecule has 5 nitrogen and oxygen atoms in total. The zero-order valence-electron chi connectivity index (χ0n) is 12.4. The van der Waals surface area contributed by atoms with Crippen molar-refractivity contribution in [1.82, 2.24) is 10.2 Å². The van der Waals surface area contributed by atoms with Crippen LogP contribution in [0.5, 0.6) is 0 Å². The molecule has 1 saturated heterocycles. The van der Waals surface area contributed by atoms with Crippen molar-refractivity contribution >= 4 is 12.0 Å². The molecule has 0 aliphatic carbocycles. The van der Waals surface area contributed by atoms with Gasteiger partial charge in [0.25, 0.3) is 0 Å². The number of amides is 2. The van der Waals surface area contributed by atoms with Crippen molar-refractivity contribution in [3.8, 4) is 0 Å². The molecule has 0 bridgehead atoms. The molecule has 1 fully saturated rings. The molecule has 0 aromatic carbocycles. The average molecular weight is 310 g/mol. The van der Waals surface area contributed by atoms with Crippen LogP contribution in [0.1, 0.15) is 40.0 Å². The monoisotopic (exact) mass is 310 g/mol. The van der Waals surface area contributed by atoms with E-state index in [1.54, 1.807) is 13.8 Å². The smallest absolute Gasteiger partial charge is 0.406 e. The second-order valence-corrected chi connectivity index (χ2v) is 6.12. The quantitative estimate of drug-likeness (QED) is 0.838. The Morgan fingerprint density at radius 1 is 1.33 bits per heavy atom. The van der Waals surface area contributed by atoms with E-state index in [4.69, 9.17) is 5.11 Å². The number of hydrogen-bond acceptors (Lipinski definition) is 2. The number of carboxylic acids is 1. The van der Waals surface area contributed by atoms with Crippen LogP contribution in [0.3, 0.4) is 0 Å². The van der Waals surface area contributed by atoms with E-state index < -0.39 is 42.1 Å². The van der Waals surface area contributed by atoms with Gasteiger partial charge in [0.2, 0.25) is 0 Å². The van der Waals surface area contributed by atoms with Crippen LogP contribution in [-0.4, -0.2) is 46.8 Å². The zero-order chi connectivity index (χ0) is 16.5. The lowest BCUT2D eigenvalue weighted by molar-refractivity contribution is -0.226. The van der Waals surface area contributed by atoms with Gasteiger partial charge in [-0.25, -0.2) is 4.79 Å². The summed E-state index contributed by atoms with van der Waals surface area (Å²) in [7, 11) is 0. The first kappa shape index (κ1) is 17.6. The van der Waals surface area contributed by atoms with Crippen molar-refractivity contribution in [3.63, 3.8) is 0 Å². The van der Waals surface area contributed by atoms with E-state index in [9.17, 15) is 22.8 Å². The van der Waals surface area contributed by atoms with Crippen molar-refractivity contribution in [2.24, 2.45) is 5.41 Å². The summed E-state index contributed by atoms with van der Waals surface area (Å²) in [5.74, 6) is -1.93. The summed E-state index contributed by atoms with van der Waals surface area (Å²) in [6.45, 7) is 4.42. The van der Waals surface area contributed by atoms with Crippen LogP contribution in [-0.2, 0) is 4.79 Å². The predicted octanol–water partition coefficient (Wildman–Crippen LogP) is 2.61. The molecule has 8 heteroatoms. The Balaban J connectivity index is 2.82. The number of alkyl halides is 3. The van der Waals surface area contributed by atoms with Crippen molar-refractivity contribution in [1.29, 1.82) is 0 Å². The minimum atomic E-state index is -4.88. The van der Waals surface area contributed by atoms with E-state index in [1.807, 2.05) is 6.92 Å². The summed E-state index contributed by atoms with van der Waals surface area (Å²) >= 11 is 0. The first-order valence-electron chi connectivity index (χ1n) is 6.82. The van der Waals surface area contributed by atoms with E-state index in [-0.39, 0.29) is 6.54 Å². The molecule has 1 heterocycles. The number of urea groups is 1. The zero-order valence-corrected chi connectivity index (χ0v) is 12.4. The largest absolute Gasteiger partial charge is 0.481 e. The number of carbonyl (C=O) groups excluding carboxylic acids is 1. The Kier molecular flexibility index (Phi) is 4.80. The molecule has 21 heavy (non-hydrogen) atoms. The van der Waals surface area contributed by atoms with Crippen molar-refractivity contribution in [3.05, 3.63) is 0 Å². The molecule has 1 unspecified atom stereocenters. The molecular formula is C13H21F3N2O3. The molecule has 2 N–H and O–H groups in total. The van der Waals surface area contributed by atoms with Gasteiger partial charge in [-0.3, -0.25) is 4.79 Å². The Hall–Kier alpha value is -1.47. The molecule has 122 valence electrons. The van der Waals surface area contributed by atoms with Gasteiger partial charge in [-0.1, -0.05) is 13.3 Å². The van der Waals surface area contributed by atoms with E-state index in [1.165, 1.54) is 0 Å². The van der Waals surface area contributed by atoms with Crippen LogP contribution in [0.15, 0.2) is 0 Å². The summed E-state index contributed by atoms with van der Waals surface area (Å²) in [4.78, 5) is 24.0. The average Bonchev–Trinajstić information content (AvgIpc) is 2.73. The molecule has 0 radical (unpaired) electrons. The van der Waals surface area contributed by atoms with Crippen LogP contribution in [0, 0.1) is 5.41 Å². The summed E-state index contributed by atoms with van der Waals surface area (Å²) in [6, 6.07) is -0.652. The second-order valence-electron chi connectivity index (χ2n) is 6.12. The molecule has 1 rings (SSSR count). The van der Waals surface area contributed by atoms with Crippen LogP contribution in [0.4, 0.5) is 18.0 Å². The topological polar surface area (TPSA) is 69.6 Å². The SMILES string of the molecule is CCCC(C)(C)NC(=O)N1CCC(C(=O)O)(C(F)(F)F)C1. The maximum absolute atomic E-state index is 13.0. The third-order valence-corrected chi connectivity index (χ3v) is 3.83. The van der Waals surface area contributed by atoms with Crippen LogP contribution in [0.2, 0.25) is 0 Å². The van der Waals surface area contributed by atoms with Crippen LogP contribution < -0.4 is 5.32 Å². The first-order valence-corrected chi connectivity index (χ1v) is 6.82. The Bertz CT molecular complexity index is 423. The highest BCUT2D eigenvalue weighted by Gasteiger charge is 2.64. The summed E-state index contributed by atoms with van der Waals surface area (Å²) < 4.78 is 39.1. The number of halogens is 3. The number of likely N-dealkylation sites (tertiary alicyclic amines) is 1. The van der Waals surface area contributed by atoms with E-state index >= 15 is 0 Å². The molecule has 2 amide bonds. The number of aliphatic carboxylic acids is 1. The van der Waals surface area contributed by atoms with Gasteiger partial charge in [-0.15, -0.1) is 0 Å². The number of nitrogens with zero attached hydrogens (tertiary/aromatic N) is 1. The van der Waals surface area contributed by atoms with Crippen molar-refractivity contribution in [2.45, 2.75) is 51.7 Å². The van der Waals surface area contributed by atoms with Crippen LogP contribution in [0.25, 0.3) is 0 Å². The fourth-order valence-corrected chi connectivity index (χ4v) is 2.57. The first-order chi connectivity index (χ1) is 9.45. The lowest BCUT2D eigenvalue weighted by Gasteiger charge is -2.30. The number of carbonyl (C=O) groups is 2. The highest BCUT2D eigenvalue weighted by molar-refractivity contribution is 5.80. The van der Waals surface area contributed by atoms with Gasteiger partial charge in [-0.2, -0.15) is 13.2 Å². The van der Waals surface area contributed by atoms with Gasteiger partial charge >= 0.3 is 18.2 Å².